The van der Waals surface area contributed by atoms with Gasteiger partial charge in [-0.15, -0.1) is 0 Å². The van der Waals surface area contributed by atoms with Gasteiger partial charge >= 0.3 is 0 Å². The summed E-state index contributed by atoms with van der Waals surface area (Å²) >= 11 is 0. The van der Waals surface area contributed by atoms with Crippen molar-refractivity contribution in [2.75, 3.05) is 6.54 Å². The first-order valence-corrected chi connectivity index (χ1v) is 9.11. The van der Waals surface area contributed by atoms with Gasteiger partial charge in [-0.1, -0.05) is 0 Å². The van der Waals surface area contributed by atoms with Gasteiger partial charge < -0.3 is 4.90 Å². The van der Waals surface area contributed by atoms with Crippen molar-refractivity contribution in [2.24, 2.45) is 0 Å². The molecule has 1 aliphatic rings. The molecule has 0 N–H and O–H groups in total. The van der Waals surface area contributed by atoms with E-state index >= 15 is 0 Å². The Kier molecular flexibility index (Phi) is 4.56. The van der Waals surface area contributed by atoms with Crippen LogP contribution in [0.5, 0.6) is 0 Å². The fourth-order valence-electron chi connectivity index (χ4n) is 3.56. The smallest absolute Gasteiger partial charge is 0.254 e. The zero-order chi connectivity index (χ0) is 17.9. The maximum Gasteiger partial charge on any atom is 0.254 e. The van der Waals surface area contributed by atoms with Crippen LogP contribution < -0.4 is 0 Å². The number of piperidine rings is 1. The SMILES string of the molecule is Cc1cnn(-c2ccc(C(=O)N3CCCCC3Cn3cccn3)cc2)c1. The quantitative estimate of drug-likeness (QED) is 0.727. The average Bonchev–Trinajstić information content (AvgIpc) is 3.34. The molecule has 6 heteroatoms. The number of aryl methyl sites for hydroxylation is 1. The van der Waals surface area contributed by atoms with Crippen LogP contribution in [0.2, 0.25) is 0 Å². The third-order valence-electron chi connectivity index (χ3n) is 4.94. The minimum Gasteiger partial charge on any atom is -0.334 e. The van der Waals surface area contributed by atoms with E-state index in [0.29, 0.717) is 0 Å². The molecule has 1 aromatic carbocycles. The van der Waals surface area contributed by atoms with E-state index in [1.165, 1.54) is 0 Å². The lowest BCUT2D eigenvalue weighted by molar-refractivity contribution is 0.0584. The number of likely N-dealkylation sites (tertiary alicyclic amines) is 1. The van der Waals surface area contributed by atoms with Gasteiger partial charge in [-0.05, 0) is 62.1 Å². The minimum atomic E-state index is 0.102. The highest BCUT2D eigenvalue weighted by Crippen LogP contribution is 2.21. The second-order valence-electron chi connectivity index (χ2n) is 6.89. The van der Waals surface area contributed by atoms with Crippen molar-refractivity contribution in [3.63, 3.8) is 0 Å². The summed E-state index contributed by atoms with van der Waals surface area (Å²) in [5.41, 5.74) is 2.80. The zero-order valence-corrected chi connectivity index (χ0v) is 15.0. The predicted molar refractivity (Wildman–Crippen MR) is 99.2 cm³/mol. The fourth-order valence-corrected chi connectivity index (χ4v) is 3.56. The summed E-state index contributed by atoms with van der Waals surface area (Å²) in [5.74, 6) is 0.102. The number of nitrogens with zero attached hydrogens (tertiary/aromatic N) is 5. The molecule has 1 aliphatic heterocycles. The van der Waals surface area contributed by atoms with Crippen LogP contribution in [0.3, 0.4) is 0 Å². The predicted octanol–water partition coefficient (Wildman–Crippen LogP) is 3.07. The molecular formula is C20H23N5O. The topological polar surface area (TPSA) is 56.0 Å². The fraction of sp³-hybridized carbons (Fsp3) is 0.350. The van der Waals surface area contributed by atoms with E-state index < -0.39 is 0 Å². The maximum atomic E-state index is 13.1. The van der Waals surface area contributed by atoms with Crippen molar-refractivity contribution < 1.29 is 4.79 Å². The molecule has 0 spiro atoms. The lowest BCUT2D eigenvalue weighted by atomic mass is 10.0. The van der Waals surface area contributed by atoms with Gasteiger partial charge in [0.2, 0.25) is 0 Å². The third kappa shape index (κ3) is 3.40. The van der Waals surface area contributed by atoms with E-state index in [-0.39, 0.29) is 11.9 Å². The molecule has 1 saturated heterocycles. The highest BCUT2D eigenvalue weighted by molar-refractivity contribution is 5.94. The standard InChI is InChI=1S/C20H23N5O/c1-16-13-22-25(14-16)18-8-6-17(7-9-18)20(26)24-12-3-2-5-19(24)15-23-11-4-10-21-23/h4,6-11,13-14,19H,2-3,5,12,15H2,1H3. The summed E-state index contributed by atoms with van der Waals surface area (Å²) in [4.78, 5) is 15.1. The second-order valence-corrected chi connectivity index (χ2v) is 6.89. The molecule has 6 nitrogen and oxygen atoms in total. The molecule has 134 valence electrons. The van der Waals surface area contributed by atoms with Crippen LogP contribution >= 0.6 is 0 Å². The largest absolute Gasteiger partial charge is 0.334 e. The van der Waals surface area contributed by atoms with Crippen LogP contribution in [-0.2, 0) is 6.54 Å². The number of benzene rings is 1. The van der Waals surface area contributed by atoms with Crippen molar-refractivity contribution in [2.45, 2.75) is 38.8 Å². The van der Waals surface area contributed by atoms with Crippen LogP contribution in [0.25, 0.3) is 5.69 Å². The Labute approximate surface area is 153 Å². The second kappa shape index (κ2) is 7.15. The first-order chi connectivity index (χ1) is 12.7. The van der Waals surface area contributed by atoms with Gasteiger partial charge in [0, 0.05) is 30.7 Å². The van der Waals surface area contributed by atoms with Gasteiger partial charge in [-0.2, -0.15) is 10.2 Å². The summed E-state index contributed by atoms with van der Waals surface area (Å²) in [6.07, 6.45) is 10.8. The summed E-state index contributed by atoms with van der Waals surface area (Å²) in [5, 5.41) is 8.61. The van der Waals surface area contributed by atoms with Crippen LogP contribution in [0.15, 0.2) is 55.1 Å². The molecule has 2 aromatic heterocycles. The van der Waals surface area contributed by atoms with Crippen LogP contribution in [-0.4, -0.2) is 43.0 Å². The molecular weight excluding hydrogens is 326 g/mol. The first-order valence-electron chi connectivity index (χ1n) is 9.11. The number of rotatable bonds is 4. The summed E-state index contributed by atoms with van der Waals surface area (Å²) in [6.45, 7) is 3.58. The molecule has 1 fully saturated rings. The molecule has 3 heterocycles. The number of carbonyl (C=O) groups excluding carboxylic acids is 1. The van der Waals surface area contributed by atoms with Gasteiger partial charge in [0.25, 0.3) is 5.91 Å². The molecule has 0 bridgehead atoms. The van der Waals surface area contributed by atoms with Gasteiger partial charge in [0.15, 0.2) is 0 Å². The number of carbonyl (C=O) groups is 1. The highest BCUT2D eigenvalue weighted by Gasteiger charge is 2.27. The Morgan fingerprint density at radius 2 is 2.04 bits per heavy atom. The Hall–Kier alpha value is -2.89. The molecule has 1 amide bonds. The lowest BCUT2D eigenvalue weighted by Gasteiger charge is -2.35. The van der Waals surface area contributed by atoms with Gasteiger partial charge in [-0.25, -0.2) is 4.68 Å². The minimum absolute atomic E-state index is 0.102. The molecule has 0 aliphatic carbocycles. The zero-order valence-electron chi connectivity index (χ0n) is 15.0. The van der Waals surface area contributed by atoms with Crippen molar-refractivity contribution in [1.29, 1.82) is 0 Å². The molecule has 26 heavy (non-hydrogen) atoms. The Morgan fingerprint density at radius 1 is 1.19 bits per heavy atom. The molecule has 4 rings (SSSR count). The van der Waals surface area contributed by atoms with E-state index in [2.05, 4.69) is 10.2 Å². The van der Waals surface area contributed by atoms with Crippen LogP contribution in [0, 0.1) is 6.92 Å². The van der Waals surface area contributed by atoms with E-state index in [0.717, 1.165) is 49.2 Å². The van der Waals surface area contributed by atoms with Crippen molar-refractivity contribution in [1.82, 2.24) is 24.5 Å². The number of amides is 1. The molecule has 0 saturated carbocycles. The maximum absolute atomic E-state index is 13.1. The summed E-state index contributed by atoms with van der Waals surface area (Å²) < 4.78 is 3.74. The van der Waals surface area contributed by atoms with Crippen LogP contribution in [0.1, 0.15) is 35.2 Å². The number of hydrogen-bond acceptors (Lipinski definition) is 3. The van der Waals surface area contributed by atoms with E-state index in [1.54, 1.807) is 6.20 Å². The van der Waals surface area contributed by atoms with Crippen LogP contribution in [0.4, 0.5) is 0 Å². The average molecular weight is 349 g/mol. The van der Waals surface area contributed by atoms with E-state index in [9.17, 15) is 4.79 Å². The lowest BCUT2D eigenvalue weighted by Crippen LogP contribution is -2.45. The highest BCUT2D eigenvalue weighted by atomic mass is 16.2. The summed E-state index contributed by atoms with van der Waals surface area (Å²) in [6, 6.07) is 9.82. The van der Waals surface area contributed by atoms with Gasteiger partial charge in [0.05, 0.1) is 24.5 Å². The Balaban J connectivity index is 1.51. The monoisotopic (exact) mass is 349 g/mol. The van der Waals surface area contributed by atoms with E-state index in [4.69, 9.17) is 0 Å². The van der Waals surface area contributed by atoms with E-state index in [1.807, 2.05) is 70.1 Å². The normalized spacial score (nSPS) is 17.4. The van der Waals surface area contributed by atoms with Crippen molar-refractivity contribution in [3.8, 4) is 5.69 Å². The molecule has 1 atom stereocenters. The summed E-state index contributed by atoms with van der Waals surface area (Å²) in [7, 11) is 0. The molecule has 0 radical (unpaired) electrons. The van der Waals surface area contributed by atoms with Crippen molar-refractivity contribution >= 4 is 5.91 Å². The Morgan fingerprint density at radius 3 is 2.73 bits per heavy atom. The molecule has 3 aromatic rings. The number of hydrogen-bond donors (Lipinski definition) is 0. The van der Waals surface area contributed by atoms with Gasteiger partial charge in [-0.3, -0.25) is 9.48 Å². The Bertz CT molecular complexity index is 866. The first kappa shape index (κ1) is 16.6. The van der Waals surface area contributed by atoms with Gasteiger partial charge in [0.1, 0.15) is 0 Å². The molecule has 1 unspecified atom stereocenters. The van der Waals surface area contributed by atoms with Crippen molar-refractivity contribution in [3.05, 3.63) is 66.2 Å². The third-order valence-corrected chi connectivity index (χ3v) is 4.94. The number of aromatic nitrogens is 4.